The number of aryl methyl sites for hydroxylation is 1. The number of likely N-dealkylation sites (tertiary alicyclic amines) is 1. The highest BCUT2D eigenvalue weighted by Gasteiger charge is 2.31. The van der Waals surface area contributed by atoms with Gasteiger partial charge in [0.05, 0.1) is 10.7 Å². The average molecular weight is 328 g/mol. The maximum atomic E-state index is 13.0. The van der Waals surface area contributed by atoms with Gasteiger partial charge in [0, 0.05) is 18.5 Å². The van der Waals surface area contributed by atoms with Gasteiger partial charge in [-0.25, -0.2) is 4.98 Å². The standard InChI is InChI=1S/C19H24N2OS/c1-13(2)18-20-14(3)17(23-18)19(22)21-11-7-10-16(21)12-15-8-5-4-6-9-15/h4-6,8-9,13,16H,7,10-12H2,1-3H3. The first-order valence-electron chi connectivity index (χ1n) is 8.38. The molecule has 0 bridgehead atoms. The van der Waals surface area contributed by atoms with Crippen molar-refractivity contribution in [2.75, 3.05) is 6.54 Å². The number of hydrogen-bond acceptors (Lipinski definition) is 3. The predicted octanol–water partition coefficient (Wildman–Crippen LogP) is 4.42. The smallest absolute Gasteiger partial charge is 0.266 e. The highest BCUT2D eigenvalue weighted by atomic mass is 32.1. The van der Waals surface area contributed by atoms with Crippen LogP contribution in [0.2, 0.25) is 0 Å². The van der Waals surface area contributed by atoms with E-state index in [2.05, 4.69) is 48.0 Å². The lowest BCUT2D eigenvalue weighted by molar-refractivity contribution is 0.0740. The lowest BCUT2D eigenvalue weighted by atomic mass is 10.0. The van der Waals surface area contributed by atoms with Gasteiger partial charge in [0.1, 0.15) is 4.88 Å². The normalized spacial score (nSPS) is 17.9. The molecule has 1 aromatic carbocycles. The fourth-order valence-corrected chi connectivity index (χ4v) is 4.22. The molecule has 1 atom stereocenters. The molecule has 3 rings (SSSR count). The van der Waals surface area contributed by atoms with Gasteiger partial charge in [0.2, 0.25) is 0 Å². The number of carbonyl (C=O) groups excluding carboxylic acids is 1. The van der Waals surface area contributed by atoms with Crippen molar-refractivity contribution in [1.82, 2.24) is 9.88 Å². The second-order valence-electron chi connectivity index (χ2n) is 6.61. The first kappa shape index (κ1) is 16.2. The summed E-state index contributed by atoms with van der Waals surface area (Å²) in [6, 6.07) is 10.8. The molecule has 2 aromatic rings. The van der Waals surface area contributed by atoms with Crippen molar-refractivity contribution in [3.63, 3.8) is 0 Å². The molecule has 1 fully saturated rings. The number of amides is 1. The number of benzene rings is 1. The van der Waals surface area contributed by atoms with Gasteiger partial charge in [-0.3, -0.25) is 4.79 Å². The molecule has 1 aliphatic rings. The molecule has 0 saturated carbocycles. The van der Waals surface area contributed by atoms with Gasteiger partial charge in [-0.15, -0.1) is 11.3 Å². The zero-order valence-electron chi connectivity index (χ0n) is 14.1. The van der Waals surface area contributed by atoms with Crippen molar-refractivity contribution in [2.24, 2.45) is 0 Å². The van der Waals surface area contributed by atoms with Crippen molar-refractivity contribution in [1.29, 1.82) is 0 Å². The van der Waals surface area contributed by atoms with Crippen LogP contribution in [0.25, 0.3) is 0 Å². The minimum Gasteiger partial charge on any atom is -0.335 e. The molecular formula is C19H24N2OS. The van der Waals surface area contributed by atoms with Crippen molar-refractivity contribution >= 4 is 17.2 Å². The fraction of sp³-hybridized carbons (Fsp3) is 0.474. The van der Waals surface area contributed by atoms with E-state index in [0.717, 1.165) is 41.4 Å². The molecule has 4 heteroatoms. The maximum absolute atomic E-state index is 13.0. The Morgan fingerprint density at radius 3 is 2.74 bits per heavy atom. The molecule has 1 aromatic heterocycles. The largest absolute Gasteiger partial charge is 0.335 e. The Balaban J connectivity index is 1.78. The number of thiazole rings is 1. The summed E-state index contributed by atoms with van der Waals surface area (Å²) in [5.41, 5.74) is 2.19. The van der Waals surface area contributed by atoms with Crippen LogP contribution < -0.4 is 0 Å². The Morgan fingerprint density at radius 2 is 2.09 bits per heavy atom. The Morgan fingerprint density at radius 1 is 1.35 bits per heavy atom. The lowest BCUT2D eigenvalue weighted by Crippen LogP contribution is -2.36. The average Bonchev–Trinajstić information content (AvgIpc) is 3.14. The quantitative estimate of drug-likeness (QED) is 0.832. The van der Waals surface area contributed by atoms with Crippen LogP contribution in [0.5, 0.6) is 0 Å². The van der Waals surface area contributed by atoms with E-state index >= 15 is 0 Å². The minimum atomic E-state index is 0.172. The summed E-state index contributed by atoms with van der Waals surface area (Å²) in [4.78, 5) is 20.5. The zero-order valence-corrected chi connectivity index (χ0v) is 14.9. The van der Waals surface area contributed by atoms with Gasteiger partial charge in [0.25, 0.3) is 5.91 Å². The van der Waals surface area contributed by atoms with E-state index in [1.165, 1.54) is 5.56 Å². The van der Waals surface area contributed by atoms with Gasteiger partial charge in [-0.05, 0) is 31.7 Å². The summed E-state index contributed by atoms with van der Waals surface area (Å²) < 4.78 is 0. The predicted molar refractivity (Wildman–Crippen MR) is 95.1 cm³/mol. The third-order valence-electron chi connectivity index (χ3n) is 4.45. The second kappa shape index (κ2) is 6.83. The van der Waals surface area contributed by atoms with Gasteiger partial charge in [-0.1, -0.05) is 44.2 Å². The van der Waals surface area contributed by atoms with Gasteiger partial charge < -0.3 is 4.90 Å². The molecular weight excluding hydrogens is 304 g/mol. The van der Waals surface area contributed by atoms with Gasteiger partial charge in [-0.2, -0.15) is 0 Å². The Bertz CT molecular complexity index is 678. The van der Waals surface area contributed by atoms with E-state index in [9.17, 15) is 4.79 Å². The van der Waals surface area contributed by atoms with E-state index in [1.807, 2.05) is 13.0 Å². The van der Waals surface area contributed by atoms with E-state index in [-0.39, 0.29) is 5.91 Å². The monoisotopic (exact) mass is 328 g/mol. The molecule has 23 heavy (non-hydrogen) atoms. The SMILES string of the molecule is Cc1nc(C(C)C)sc1C(=O)N1CCCC1Cc1ccccc1. The van der Waals surface area contributed by atoms with Crippen LogP contribution >= 0.6 is 11.3 Å². The summed E-state index contributed by atoms with van der Waals surface area (Å²) in [5, 5.41) is 1.06. The van der Waals surface area contributed by atoms with Crippen LogP contribution in [-0.2, 0) is 6.42 Å². The maximum Gasteiger partial charge on any atom is 0.266 e. The number of carbonyl (C=O) groups is 1. The summed E-state index contributed by atoms with van der Waals surface area (Å²) in [5.74, 6) is 0.546. The van der Waals surface area contributed by atoms with Gasteiger partial charge >= 0.3 is 0 Å². The van der Waals surface area contributed by atoms with Crippen LogP contribution in [0, 0.1) is 6.92 Å². The second-order valence-corrected chi connectivity index (χ2v) is 7.64. The van der Waals surface area contributed by atoms with E-state index < -0.39 is 0 Å². The van der Waals surface area contributed by atoms with Crippen LogP contribution in [0.3, 0.4) is 0 Å². The van der Waals surface area contributed by atoms with Crippen molar-refractivity contribution in [2.45, 2.75) is 52.0 Å². The fourth-order valence-electron chi connectivity index (χ4n) is 3.19. The third kappa shape index (κ3) is 3.47. The van der Waals surface area contributed by atoms with E-state index in [0.29, 0.717) is 12.0 Å². The number of hydrogen-bond donors (Lipinski definition) is 0. The van der Waals surface area contributed by atoms with Crippen molar-refractivity contribution < 1.29 is 4.79 Å². The highest BCUT2D eigenvalue weighted by Crippen LogP contribution is 2.29. The van der Waals surface area contributed by atoms with E-state index in [4.69, 9.17) is 0 Å². The minimum absolute atomic E-state index is 0.172. The molecule has 0 N–H and O–H groups in total. The number of nitrogens with zero attached hydrogens (tertiary/aromatic N) is 2. The zero-order chi connectivity index (χ0) is 16.4. The van der Waals surface area contributed by atoms with Crippen LogP contribution in [0.1, 0.15) is 58.5 Å². The topological polar surface area (TPSA) is 33.2 Å². The molecule has 122 valence electrons. The molecule has 1 unspecified atom stereocenters. The summed E-state index contributed by atoms with van der Waals surface area (Å²) >= 11 is 1.57. The molecule has 0 radical (unpaired) electrons. The molecule has 0 spiro atoms. The Hall–Kier alpha value is -1.68. The molecule has 1 saturated heterocycles. The molecule has 1 aliphatic heterocycles. The van der Waals surface area contributed by atoms with Crippen LogP contribution in [0.15, 0.2) is 30.3 Å². The Kier molecular flexibility index (Phi) is 4.81. The van der Waals surface area contributed by atoms with Crippen molar-refractivity contribution in [3.05, 3.63) is 51.5 Å². The van der Waals surface area contributed by atoms with Gasteiger partial charge in [0.15, 0.2) is 0 Å². The van der Waals surface area contributed by atoms with E-state index in [1.54, 1.807) is 11.3 Å². The number of rotatable bonds is 4. The molecule has 1 amide bonds. The molecule has 3 nitrogen and oxygen atoms in total. The third-order valence-corrected chi connectivity index (χ3v) is 5.90. The summed E-state index contributed by atoms with van der Waals surface area (Å²) in [6.45, 7) is 7.07. The van der Waals surface area contributed by atoms with Crippen molar-refractivity contribution in [3.8, 4) is 0 Å². The number of aromatic nitrogens is 1. The van der Waals surface area contributed by atoms with Crippen LogP contribution in [0.4, 0.5) is 0 Å². The first-order chi connectivity index (χ1) is 11.1. The molecule has 0 aliphatic carbocycles. The highest BCUT2D eigenvalue weighted by molar-refractivity contribution is 7.13. The molecule has 2 heterocycles. The Labute approximate surface area is 142 Å². The summed E-state index contributed by atoms with van der Waals surface area (Å²) in [6.07, 6.45) is 3.13. The first-order valence-corrected chi connectivity index (χ1v) is 9.20. The van der Waals surface area contributed by atoms with Crippen LogP contribution in [-0.4, -0.2) is 28.4 Å². The summed E-state index contributed by atoms with van der Waals surface area (Å²) in [7, 11) is 0. The lowest BCUT2D eigenvalue weighted by Gasteiger charge is -2.24.